The van der Waals surface area contributed by atoms with Crippen LogP contribution in [0.15, 0.2) is 46.9 Å². The average Bonchev–Trinajstić information content (AvgIpc) is 2.51. The molecule has 2 N–H and O–H groups in total. The lowest BCUT2D eigenvalue weighted by Gasteiger charge is -2.22. The molecule has 2 aromatic rings. The van der Waals surface area contributed by atoms with Crippen molar-refractivity contribution in [3.05, 3.63) is 63.6 Å². The summed E-state index contributed by atoms with van der Waals surface area (Å²) in [6.07, 6.45) is 0. The van der Waals surface area contributed by atoms with E-state index in [1.165, 1.54) is 0 Å². The van der Waals surface area contributed by atoms with E-state index in [2.05, 4.69) is 26.6 Å². The minimum Gasteiger partial charge on any atom is -0.340 e. The van der Waals surface area contributed by atoms with E-state index in [4.69, 9.17) is 0 Å². The number of hydrogen-bond donors (Lipinski definition) is 2. The Morgan fingerprint density at radius 1 is 1.00 bits per heavy atom. The molecule has 132 valence electrons. The van der Waals surface area contributed by atoms with Gasteiger partial charge in [0.1, 0.15) is 6.04 Å². The van der Waals surface area contributed by atoms with Crippen molar-refractivity contribution in [2.45, 2.75) is 33.7 Å². The molecule has 0 aliphatic rings. The summed E-state index contributed by atoms with van der Waals surface area (Å²) in [4.78, 5) is 25.2. The summed E-state index contributed by atoms with van der Waals surface area (Å²) in [5.41, 5.74) is 3.40. The Kier molecular flexibility index (Phi) is 6.37. The third-order valence-corrected chi connectivity index (χ3v) is 4.53. The van der Waals surface area contributed by atoms with Crippen molar-refractivity contribution >= 4 is 33.4 Å². The van der Waals surface area contributed by atoms with E-state index in [0.29, 0.717) is 10.0 Å². The van der Waals surface area contributed by atoms with Crippen molar-refractivity contribution in [3.8, 4) is 0 Å². The van der Waals surface area contributed by atoms with Gasteiger partial charge in [0, 0.05) is 10.2 Å². The number of amides is 2. The maximum Gasteiger partial charge on any atom is 0.253 e. The first kappa shape index (κ1) is 19.2. The monoisotopic (exact) mass is 402 g/mol. The molecule has 0 aromatic heterocycles. The fourth-order valence-electron chi connectivity index (χ4n) is 2.67. The summed E-state index contributed by atoms with van der Waals surface area (Å²) >= 11 is 3.37. The highest BCUT2D eigenvalue weighted by Gasteiger charge is 2.25. The summed E-state index contributed by atoms with van der Waals surface area (Å²) in [5.74, 6) is -0.542. The molecule has 2 rings (SSSR count). The van der Waals surface area contributed by atoms with Crippen LogP contribution >= 0.6 is 15.9 Å². The number of carbonyl (C=O) groups is 2. The van der Waals surface area contributed by atoms with Gasteiger partial charge in [-0.05, 0) is 71.1 Å². The molecular weight excluding hydrogens is 380 g/mol. The number of aryl methyl sites for hydroxylation is 2. The fraction of sp³-hybridized carbons (Fsp3) is 0.300. The molecule has 4 nitrogen and oxygen atoms in total. The summed E-state index contributed by atoms with van der Waals surface area (Å²) < 4.78 is 0.699. The van der Waals surface area contributed by atoms with Gasteiger partial charge in [0.05, 0.1) is 5.56 Å². The van der Waals surface area contributed by atoms with E-state index < -0.39 is 6.04 Å². The van der Waals surface area contributed by atoms with Crippen molar-refractivity contribution in [1.82, 2.24) is 5.32 Å². The Balaban J connectivity index is 2.15. The van der Waals surface area contributed by atoms with Crippen LogP contribution in [0.5, 0.6) is 0 Å². The first-order valence-electron chi connectivity index (χ1n) is 8.22. The highest BCUT2D eigenvalue weighted by atomic mass is 79.9. The van der Waals surface area contributed by atoms with Gasteiger partial charge in [-0.3, -0.25) is 9.59 Å². The van der Waals surface area contributed by atoms with E-state index in [0.717, 1.165) is 16.8 Å². The van der Waals surface area contributed by atoms with Crippen molar-refractivity contribution in [1.29, 1.82) is 0 Å². The number of halogens is 1. The van der Waals surface area contributed by atoms with Crippen LogP contribution < -0.4 is 10.6 Å². The maximum atomic E-state index is 12.7. The molecule has 0 saturated heterocycles. The number of nitrogens with one attached hydrogen (secondary N) is 2. The minimum absolute atomic E-state index is 0.0441. The molecule has 2 aromatic carbocycles. The lowest BCUT2D eigenvalue weighted by Crippen LogP contribution is -2.47. The van der Waals surface area contributed by atoms with Gasteiger partial charge in [0.15, 0.2) is 0 Å². The third kappa shape index (κ3) is 5.16. The van der Waals surface area contributed by atoms with Crippen LogP contribution in [0.3, 0.4) is 0 Å². The Labute approximate surface area is 157 Å². The zero-order valence-corrected chi connectivity index (χ0v) is 16.5. The molecule has 0 saturated carbocycles. The van der Waals surface area contributed by atoms with Crippen LogP contribution in [0.1, 0.15) is 35.3 Å². The molecular formula is C20H23BrN2O2. The van der Waals surface area contributed by atoms with Gasteiger partial charge in [0.2, 0.25) is 5.91 Å². The molecule has 0 spiro atoms. The number of benzene rings is 2. The summed E-state index contributed by atoms with van der Waals surface area (Å²) in [7, 11) is 0. The molecule has 0 radical (unpaired) electrons. The van der Waals surface area contributed by atoms with Crippen molar-refractivity contribution < 1.29 is 9.59 Å². The average molecular weight is 403 g/mol. The van der Waals surface area contributed by atoms with E-state index in [9.17, 15) is 9.59 Å². The Bertz CT molecular complexity index is 767. The van der Waals surface area contributed by atoms with Crippen molar-refractivity contribution in [2.24, 2.45) is 5.92 Å². The molecule has 25 heavy (non-hydrogen) atoms. The minimum atomic E-state index is -0.625. The zero-order chi connectivity index (χ0) is 18.6. The highest BCUT2D eigenvalue weighted by Crippen LogP contribution is 2.18. The van der Waals surface area contributed by atoms with Crippen molar-refractivity contribution in [3.63, 3.8) is 0 Å². The second kappa shape index (κ2) is 8.30. The van der Waals surface area contributed by atoms with Gasteiger partial charge in [0.25, 0.3) is 5.91 Å². The van der Waals surface area contributed by atoms with Crippen LogP contribution in [0.4, 0.5) is 5.69 Å². The Morgan fingerprint density at radius 2 is 1.60 bits per heavy atom. The number of carbonyl (C=O) groups excluding carboxylic acids is 2. The second-order valence-electron chi connectivity index (χ2n) is 6.54. The van der Waals surface area contributed by atoms with Gasteiger partial charge in [-0.2, -0.15) is 0 Å². The summed E-state index contributed by atoms with van der Waals surface area (Å²) in [6, 6.07) is 12.4. The molecule has 5 heteroatoms. The molecule has 1 unspecified atom stereocenters. The van der Waals surface area contributed by atoms with Gasteiger partial charge in [-0.25, -0.2) is 0 Å². The van der Waals surface area contributed by atoms with E-state index >= 15 is 0 Å². The quantitative estimate of drug-likeness (QED) is 0.775. The topological polar surface area (TPSA) is 58.2 Å². The maximum absolute atomic E-state index is 12.7. The van der Waals surface area contributed by atoms with Crippen molar-refractivity contribution in [2.75, 3.05) is 5.32 Å². The molecule has 2 amide bonds. The van der Waals surface area contributed by atoms with Gasteiger partial charge in [-0.15, -0.1) is 0 Å². The fourth-order valence-corrected chi connectivity index (χ4v) is 3.13. The van der Waals surface area contributed by atoms with Crippen LogP contribution in [0.2, 0.25) is 0 Å². The van der Waals surface area contributed by atoms with Gasteiger partial charge in [-0.1, -0.05) is 32.0 Å². The van der Waals surface area contributed by atoms with E-state index in [-0.39, 0.29) is 17.7 Å². The molecule has 0 aliphatic heterocycles. The summed E-state index contributed by atoms with van der Waals surface area (Å²) in [6.45, 7) is 7.78. The third-order valence-electron chi connectivity index (χ3n) is 3.84. The van der Waals surface area contributed by atoms with Crippen LogP contribution in [-0.2, 0) is 4.79 Å². The van der Waals surface area contributed by atoms with Crippen LogP contribution in [0, 0.1) is 19.8 Å². The largest absolute Gasteiger partial charge is 0.340 e. The smallest absolute Gasteiger partial charge is 0.253 e. The Morgan fingerprint density at radius 3 is 2.16 bits per heavy atom. The molecule has 0 bridgehead atoms. The zero-order valence-electron chi connectivity index (χ0n) is 14.9. The second-order valence-corrected chi connectivity index (χ2v) is 7.39. The standard InChI is InChI=1S/C20H23BrN2O2/c1-12(2)18(23-19(24)16-7-5-6-8-17(16)21)20(25)22-15-10-13(3)9-14(4)11-15/h5-12,18H,1-4H3,(H,22,25)(H,23,24). The molecule has 0 fully saturated rings. The lowest BCUT2D eigenvalue weighted by molar-refractivity contribution is -0.118. The predicted octanol–water partition coefficient (Wildman–Crippen LogP) is 4.46. The summed E-state index contributed by atoms with van der Waals surface area (Å²) in [5, 5.41) is 5.75. The van der Waals surface area contributed by atoms with Crippen LogP contribution in [0.25, 0.3) is 0 Å². The number of anilines is 1. The van der Waals surface area contributed by atoms with Gasteiger partial charge < -0.3 is 10.6 Å². The number of hydrogen-bond acceptors (Lipinski definition) is 2. The normalized spacial score (nSPS) is 11.9. The first-order valence-corrected chi connectivity index (χ1v) is 9.02. The van der Waals surface area contributed by atoms with E-state index in [1.54, 1.807) is 18.2 Å². The van der Waals surface area contributed by atoms with E-state index in [1.807, 2.05) is 52.0 Å². The SMILES string of the molecule is Cc1cc(C)cc(NC(=O)C(NC(=O)c2ccccc2Br)C(C)C)c1. The molecule has 0 aliphatic carbocycles. The number of rotatable bonds is 5. The highest BCUT2D eigenvalue weighted by molar-refractivity contribution is 9.10. The Hall–Kier alpha value is -2.14. The lowest BCUT2D eigenvalue weighted by atomic mass is 10.0. The van der Waals surface area contributed by atoms with Crippen LogP contribution in [-0.4, -0.2) is 17.9 Å². The molecule has 0 heterocycles. The predicted molar refractivity (Wildman–Crippen MR) is 105 cm³/mol. The molecule has 1 atom stereocenters. The van der Waals surface area contributed by atoms with Gasteiger partial charge >= 0.3 is 0 Å². The first-order chi connectivity index (χ1) is 11.8.